The van der Waals surface area contributed by atoms with Crippen LogP contribution in [0.4, 0.5) is 4.39 Å². The van der Waals surface area contributed by atoms with Gasteiger partial charge in [0.25, 0.3) is 0 Å². The van der Waals surface area contributed by atoms with Crippen LogP contribution in [0.3, 0.4) is 0 Å². The van der Waals surface area contributed by atoms with Crippen molar-refractivity contribution in [2.24, 2.45) is 5.92 Å². The van der Waals surface area contributed by atoms with Crippen LogP contribution in [0.2, 0.25) is 0 Å². The summed E-state index contributed by atoms with van der Waals surface area (Å²) in [6, 6.07) is 3.98. The Hall–Kier alpha value is -1.25. The summed E-state index contributed by atoms with van der Waals surface area (Å²) in [7, 11) is 0. The summed E-state index contributed by atoms with van der Waals surface area (Å²) in [5, 5.41) is 9.02. The first-order valence-corrected chi connectivity index (χ1v) is 5.37. The van der Waals surface area contributed by atoms with Gasteiger partial charge in [-0.3, -0.25) is 0 Å². The van der Waals surface area contributed by atoms with Gasteiger partial charge in [-0.25, -0.2) is 4.39 Å². The van der Waals surface area contributed by atoms with Crippen LogP contribution < -0.4 is 4.74 Å². The molecule has 1 aromatic rings. The molecule has 0 spiro atoms. The molecule has 0 unspecified atom stereocenters. The Morgan fingerprint density at radius 3 is 2.73 bits per heavy atom. The molecule has 0 saturated heterocycles. The van der Waals surface area contributed by atoms with Gasteiger partial charge < -0.3 is 9.84 Å². The lowest BCUT2D eigenvalue weighted by Crippen LogP contribution is -2.08. The highest BCUT2D eigenvalue weighted by atomic mass is 19.1. The number of rotatable bonds is 3. The van der Waals surface area contributed by atoms with Crippen LogP contribution in [0.5, 0.6) is 11.5 Å². The van der Waals surface area contributed by atoms with Crippen LogP contribution in [0.1, 0.15) is 25.7 Å². The van der Waals surface area contributed by atoms with Crippen LogP contribution in [0.25, 0.3) is 0 Å². The molecule has 0 atom stereocenters. The molecule has 82 valence electrons. The molecule has 1 saturated carbocycles. The van der Waals surface area contributed by atoms with Crippen molar-refractivity contribution in [3.8, 4) is 11.5 Å². The van der Waals surface area contributed by atoms with Gasteiger partial charge in [-0.1, -0.05) is 12.8 Å². The summed E-state index contributed by atoms with van der Waals surface area (Å²) in [5.41, 5.74) is 0. The zero-order chi connectivity index (χ0) is 10.7. The van der Waals surface area contributed by atoms with Crippen molar-refractivity contribution in [2.75, 3.05) is 6.61 Å². The third-order valence-corrected chi connectivity index (χ3v) is 2.86. The molecule has 3 heteroatoms. The number of benzene rings is 1. The molecule has 2 nitrogen and oxygen atoms in total. The van der Waals surface area contributed by atoms with Gasteiger partial charge >= 0.3 is 0 Å². The third kappa shape index (κ3) is 2.61. The average Bonchev–Trinajstić information content (AvgIpc) is 2.69. The van der Waals surface area contributed by atoms with Gasteiger partial charge in [0.2, 0.25) is 0 Å². The van der Waals surface area contributed by atoms with Gasteiger partial charge in [0.15, 0.2) is 11.6 Å². The van der Waals surface area contributed by atoms with E-state index in [1.807, 2.05) is 0 Å². The van der Waals surface area contributed by atoms with Gasteiger partial charge in [-0.05, 0) is 30.9 Å². The fourth-order valence-corrected chi connectivity index (χ4v) is 1.99. The molecule has 0 heterocycles. The Morgan fingerprint density at radius 2 is 2.07 bits per heavy atom. The number of phenolic OH excluding ortho intramolecular Hbond substituents is 1. The molecule has 0 amide bonds. The van der Waals surface area contributed by atoms with Crippen molar-refractivity contribution >= 4 is 0 Å². The van der Waals surface area contributed by atoms with Gasteiger partial charge in [0, 0.05) is 6.07 Å². The Labute approximate surface area is 88.7 Å². The summed E-state index contributed by atoms with van der Waals surface area (Å²) in [6.45, 7) is 0.585. The van der Waals surface area contributed by atoms with Crippen molar-refractivity contribution < 1.29 is 14.2 Å². The van der Waals surface area contributed by atoms with E-state index in [0.29, 0.717) is 12.5 Å². The summed E-state index contributed by atoms with van der Waals surface area (Å²) >= 11 is 0. The highest BCUT2D eigenvalue weighted by molar-refractivity contribution is 5.32. The molecule has 0 aliphatic heterocycles. The molecular formula is C12H15FO2. The minimum atomic E-state index is -0.493. The summed E-state index contributed by atoms with van der Waals surface area (Å²) in [5.74, 6) is 0.242. The molecule has 15 heavy (non-hydrogen) atoms. The van der Waals surface area contributed by atoms with Crippen LogP contribution in [-0.4, -0.2) is 11.7 Å². The van der Waals surface area contributed by atoms with Gasteiger partial charge in [0.05, 0.1) is 6.61 Å². The number of aromatic hydroxyl groups is 1. The maximum atomic E-state index is 13.2. The van der Waals surface area contributed by atoms with Crippen LogP contribution in [0.15, 0.2) is 18.2 Å². The van der Waals surface area contributed by atoms with Crippen molar-refractivity contribution in [3.63, 3.8) is 0 Å². The SMILES string of the molecule is Oc1ccc(OCC2CCCC2)c(F)c1. The Bertz CT molecular complexity index is 332. The molecule has 0 aromatic heterocycles. The quantitative estimate of drug-likeness (QED) is 0.830. The molecule has 0 bridgehead atoms. The average molecular weight is 210 g/mol. The third-order valence-electron chi connectivity index (χ3n) is 2.86. The minimum Gasteiger partial charge on any atom is -0.508 e. The van der Waals surface area contributed by atoms with Crippen molar-refractivity contribution in [2.45, 2.75) is 25.7 Å². The van der Waals surface area contributed by atoms with Crippen LogP contribution >= 0.6 is 0 Å². The van der Waals surface area contributed by atoms with E-state index in [1.165, 1.54) is 37.8 Å². The maximum absolute atomic E-state index is 13.2. The zero-order valence-electron chi connectivity index (χ0n) is 8.58. The molecule has 1 aliphatic rings. The van der Waals surface area contributed by atoms with Gasteiger partial charge in [0.1, 0.15) is 5.75 Å². The molecular weight excluding hydrogens is 195 g/mol. The minimum absolute atomic E-state index is 0.0688. The standard InChI is InChI=1S/C12H15FO2/c13-11-7-10(14)5-6-12(11)15-8-9-3-1-2-4-9/h5-7,9,14H,1-4,8H2. The number of phenols is 1. The van der Waals surface area contributed by atoms with E-state index in [0.717, 1.165) is 6.07 Å². The normalized spacial score (nSPS) is 16.9. The molecule has 1 N–H and O–H groups in total. The predicted octanol–water partition coefficient (Wildman–Crippen LogP) is 3.10. The van der Waals surface area contributed by atoms with E-state index in [1.54, 1.807) is 0 Å². The maximum Gasteiger partial charge on any atom is 0.168 e. The number of hydrogen-bond acceptors (Lipinski definition) is 2. The zero-order valence-corrected chi connectivity index (χ0v) is 8.58. The number of halogens is 1. The molecule has 0 radical (unpaired) electrons. The molecule has 1 aromatic carbocycles. The summed E-state index contributed by atoms with van der Waals surface area (Å²) in [6.07, 6.45) is 4.87. The lowest BCUT2D eigenvalue weighted by atomic mass is 10.1. The number of hydrogen-bond donors (Lipinski definition) is 1. The monoisotopic (exact) mass is 210 g/mol. The lowest BCUT2D eigenvalue weighted by Gasteiger charge is -2.11. The first-order valence-electron chi connectivity index (χ1n) is 5.37. The fraction of sp³-hybridized carbons (Fsp3) is 0.500. The second-order valence-electron chi connectivity index (χ2n) is 4.08. The number of ether oxygens (including phenoxy) is 1. The molecule has 1 fully saturated rings. The van der Waals surface area contributed by atoms with Crippen molar-refractivity contribution in [3.05, 3.63) is 24.0 Å². The van der Waals surface area contributed by atoms with Crippen molar-refractivity contribution in [1.82, 2.24) is 0 Å². The lowest BCUT2D eigenvalue weighted by molar-refractivity contribution is 0.241. The van der Waals surface area contributed by atoms with Crippen molar-refractivity contribution in [1.29, 1.82) is 0 Å². The second kappa shape index (κ2) is 4.51. The Morgan fingerprint density at radius 1 is 1.33 bits per heavy atom. The van der Waals surface area contributed by atoms with E-state index in [9.17, 15) is 4.39 Å². The van der Waals surface area contributed by atoms with Gasteiger partial charge in [-0.2, -0.15) is 0 Å². The topological polar surface area (TPSA) is 29.5 Å². The highest BCUT2D eigenvalue weighted by Gasteiger charge is 2.16. The van der Waals surface area contributed by atoms with E-state index in [4.69, 9.17) is 9.84 Å². The smallest absolute Gasteiger partial charge is 0.168 e. The van der Waals surface area contributed by atoms with Crippen LogP contribution in [-0.2, 0) is 0 Å². The predicted molar refractivity (Wildman–Crippen MR) is 55.5 cm³/mol. The Balaban J connectivity index is 1.92. The summed E-state index contributed by atoms with van der Waals surface area (Å²) in [4.78, 5) is 0. The van der Waals surface area contributed by atoms with Gasteiger partial charge in [-0.15, -0.1) is 0 Å². The van der Waals surface area contributed by atoms with E-state index in [-0.39, 0.29) is 11.5 Å². The Kier molecular flexibility index (Phi) is 3.09. The van der Waals surface area contributed by atoms with E-state index in [2.05, 4.69) is 0 Å². The first kappa shape index (κ1) is 10.3. The highest BCUT2D eigenvalue weighted by Crippen LogP contribution is 2.27. The molecule has 2 rings (SSSR count). The largest absolute Gasteiger partial charge is 0.508 e. The van der Waals surface area contributed by atoms with E-state index < -0.39 is 5.82 Å². The first-order chi connectivity index (χ1) is 7.25. The fourth-order valence-electron chi connectivity index (χ4n) is 1.99. The summed E-state index contributed by atoms with van der Waals surface area (Å²) < 4.78 is 18.6. The molecule has 1 aliphatic carbocycles. The van der Waals surface area contributed by atoms with E-state index >= 15 is 0 Å². The second-order valence-corrected chi connectivity index (χ2v) is 4.08. The van der Waals surface area contributed by atoms with Crippen LogP contribution in [0, 0.1) is 11.7 Å².